The van der Waals surface area contributed by atoms with Crippen molar-refractivity contribution < 1.29 is 4.74 Å². The van der Waals surface area contributed by atoms with Crippen molar-refractivity contribution >= 4 is 0 Å². The normalized spacial score (nSPS) is 10.1. The summed E-state index contributed by atoms with van der Waals surface area (Å²) in [6, 6.07) is 7.64. The maximum atomic E-state index is 8.80. The molecule has 0 heterocycles. The predicted octanol–water partition coefficient (Wildman–Crippen LogP) is 1.13. The molecule has 1 N–H and O–H groups in total. The molecule has 0 aliphatic rings. The van der Waals surface area contributed by atoms with Gasteiger partial charge >= 0.3 is 0 Å². The quantitative estimate of drug-likeness (QED) is 0.749. The van der Waals surface area contributed by atoms with Crippen molar-refractivity contribution in [1.82, 2.24) is 10.4 Å². The number of methoxy groups -OCH3 is 1. The van der Waals surface area contributed by atoms with Crippen LogP contribution in [0.3, 0.4) is 0 Å². The van der Waals surface area contributed by atoms with Gasteiger partial charge in [-0.2, -0.15) is 5.26 Å². The summed E-state index contributed by atoms with van der Waals surface area (Å²) in [6.45, 7) is 0.717. The topological polar surface area (TPSA) is 48.3 Å². The van der Waals surface area contributed by atoms with Crippen LogP contribution in [-0.2, 0) is 6.54 Å². The Kier molecular flexibility index (Phi) is 4.10. The second-order valence-corrected chi connectivity index (χ2v) is 3.38. The molecule has 0 amide bonds. The van der Waals surface area contributed by atoms with Gasteiger partial charge < -0.3 is 4.74 Å². The van der Waals surface area contributed by atoms with Crippen LogP contribution in [0.2, 0.25) is 0 Å². The highest BCUT2D eigenvalue weighted by Crippen LogP contribution is 2.18. The number of hydrogen-bond donors (Lipinski definition) is 1. The molecule has 0 spiro atoms. The van der Waals surface area contributed by atoms with Gasteiger partial charge in [0.1, 0.15) is 11.8 Å². The van der Waals surface area contributed by atoms with Crippen molar-refractivity contribution in [1.29, 1.82) is 5.26 Å². The van der Waals surface area contributed by atoms with E-state index in [2.05, 4.69) is 11.5 Å². The molecule has 0 saturated heterocycles. The van der Waals surface area contributed by atoms with Crippen LogP contribution in [-0.4, -0.2) is 26.2 Å². The zero-order chi connectivity index (χ0) is 11.3. The Balaban J connectivity index is 2.80. The number of hydrogen-bond acceptors (Lipinski definition) is 4. The molecule has 0 aromatic heterocycles. The lowest BCUT2D eigenvalue weighted by molar-refractivity contribution is 0.285. The minimum atomic E-state index is 0.561. The summed E-state index contributed by atoms with van der Waals surface area (Å²) in [5, 5.41) is 10.7. The zero-order valence-electron chi connectivity index (χ0n) is 9.24. The van der Waals surface area contributed by atoms with Crippen molar-refractivity contribution in [2.75, 3.05) is 21.2 Å². The van der Waals surface area contributed by atoms with Gasteiger partial charge in [-0.05, 0) is 17.7 Å². The molecule has 80 valence electrons. The first-order valence-corrected chi connectivity index (χ1v) is 4.65. The average Bonchev–Trinajstić information content (AvgIpc) is 2.25. The summed E-state index contributed by atoms with van der Waals surface area (Å²) in [6.07, 6.45) is 0. The van der Waals surface area contributed by atoms with E-state index in [-0.39, 0.29) is 0 Å². The number of nitrogens with one attached hydrogen (secondary N) is 1. The van der Waals surface area contributed by atoms with E-state index in [0.717, 1.165) is 12.1 Å². The van der Waals surface area contributed by atoms with Gasteiger partial charge in [-0.1, -0.05) is 6.07 Å². The third kappa shape index (κ3) is 3.24. The monoisotopic (exact) mass is 205 g/mol. The van der Waals surface area contributed by atoms with Gasteiger partial charge in [0.25, 0.3) is 0 Å². The van der Waals surface area contributed by atoms with E-state index in [9.17, 15) is 0 Å². The fourth-order valence-electron chi connectivity index (χ4n) is 1.19. The molecule has 0 fully saturated rings. The highest BCUT2D eigenvalue weighted by molar-refractivity contribution is 5.45. The first-order chi connectivity index (χ1) is 7.17. The van der Waals surface area contributed by atoms with Crippen molar-refractivity contribution in [3.05, 3.63) is 29.3 Å². The van der Waals surface area contributed by atoms with Crippen LogP contribution >= 0.6 is 0 Å². The van der Waals surface area contributed by atoms with Gasteiger partial charge in [0.2, 0.25) is 0 Å². The van der Waals surface area contributed by atoms with Gasteiger partial charge in [-0.25, -0.2) is 0 Å². The minimum Gasteiger partial charge on any atom is -0.495 e. The van der Waals surface area contributed by atoms with Gasteiger partial charge in [0, 0.05) is 20.6 Å². The number of ether oxygens (including phenoxy) is 1. The van der Waals surface area contributed by atoms with Gasteiger partial charge in [0.05, 0.1) is 12.7 Å². The molecule has 0 saturated carbocycles. The maximum Gasteiger partial charge on any atom is 0.136 e. The van der Waals surface area contributed by atoms with Crippen molar-refractivity contribution in [3.63, 3.8) is 0 Å². The van der Waals surface area contributed by atoms with Gasteiger partial charge in [0.15, 0.2) is 0 Å². The van der Waals surface area contributed by atoms with E-state index in [1.807, 2.05) is 31.2 Å². The Morgan fingerprint density at radius 1 is 1.47 bits per heavy atom. The number of nitriles is 1. The molecular formula is C11H15N3O. The third-order valence-corrected chi connectivity index (χ3v) is 1.99. The van der Waals surface area contributed by atoms with Gasteiger partial charge in [-0.3, -0.25) is 10.4 Å². The lowest BCUT2D eigenvalue weighted by Crippen LogP contribution is -2.29. The molecule has 0 aliphatic heterocycles. The van der Waals surface area contributed by atoms with Crippen LogP contribution in [0, 0.1) is 11.3 Å². The lowest BCUT2D eigenvalue weighted by Gasteiger charge is -2.12. The summed E-state index contributed by atoms with van der Waals surface area (Å²) in [5.74, 6) is 0.621. The van der Waals surface area contributed by atoms with Crippen molar-refractivity contribution in [2.24, 2.45) is 0 Å². The summed E-state index contributed by atoms with van der Waals surface area (Å²) in [5.41, 5.74) is 4.79. The molecule has 0 radical (unpaired) electrons. The molecule has 1 rings (SSSR count). The van der Waals surface area contributed by atoms with E-state index >= 15 is 0 Å². The van der Waals surface area contributed by atoms with Crippen molar-refractivity contribution in [3.8, 4) is 11.8 Å². The molecular weight excluding hydrogens is 190 g/mol. The Morgan fingerprint density at radius 2 is 2.20 bits per heavy atom. The minimum absolute atomic E-state index is 0.561. The number of nitrogens with zero attached hydrogens (tertiary/aromatic N) is 2. The van der Waals surface area contributed by atoms with Crippen LogP contribution < -0.4 is 10.2 Å². The maximum absolute atomic E-state index is 8.80. The molecule has 15 heavy (non-hydrogen) atoms. The fourth-order valence-corrected chi connectivity index (χ4v) is 1.19. The van der Waals surface area contributed by atoms with Crippen LogP contribution in [0.25, 0.3) is 0 Å². The molecule has 4 nitrogen and oxygen atoms in total. The SMILES string of the molecule is COc1cc(CNN(C)C)ccc1C#N. The molecule has 0 atom stereocenters. The zero-order valence-corrected chi connectivity index (χ0v) is 9.24. The van der Waals surface area contributed by atoms with Crippen molar-refractivity contribution in [2.45, 2.75) is 6.54 Å². The Bertz CT molecular complexity index is 369. The predicted molar refractivity (Wildman–Crippen MR) is 58.2 cm³/mol. The number of hydrazine groups is 1. The molecule has 4 heteroatoms. The number of benzene rings is 1. The third-order valence-electron chi connectivity index (χ3n) is 1.99. The summed E-state index contributed by atoms with van der Waals surface area (Å²) in [7, 11) is 5.43. The Labute approximate surface area is 90.0 Å². The van der Waals surface area contributed by atoms with Crippen LogP contribution in [0.15, 0.2) is 18.2 Å². The lowest BCUT2D eigenvalue weighted by atomic mass is 10.1. The van der Waals surface area contributed by atoms with E-state index in [1.54, 1.807) is 13.2 Å². The Morgan fingerprint density at radius 3 is 2.73 bits per heavy atom. The highest BCUT2D eigenvalue weighted by Gasteiger charge is 2.03. The first kappa shape index (κ1) is 11.5. The molecule has 0 bridgehead atoms. The first-order valence-electron chi connectivity index (χ1n) is 4.65. The number of rotatable bonds is 4. The smallest absolute Gasteiger partial charge is 0.136 e. The summed E-state index contributed by atoms with van der Waals surface area (Å²) < 4.78 is 5.12. The van der Waals surface area contributed by atoms with E-state index in [0.29, 0.717) is 11.3 Å². The van der Waals surface area contributed by atoms with E-state index < -0.39 is 0 Å². The van der Waals surface area contributed by atoms with Crippen LogP contribution in [0.4, 0.5) is 0 Å². The largest absolute Gasteiger partial charge is 0.495 e. The fraction of sp³-hybridized carbons (Fsp3) is 0.364. The molecule has 1 aromatic rings. The summed E-state index contributed by atoms with van der Waals surface area (Å²) in [4.78, 5) is 0. The Hall–Kier alpha value is -1.57. The summed E-state index contributed by atoms with van der Waals surface area (Å²) >= 11 is 0. The van der Waals surface area contributed by atoms with Crippen LogP contribution in [0.5, 0.6) is 5.75 Å². The molecule has 0 aliphatic carbocycles. The van der Waals surface area contributed by atoms with Crippen LogP contribution in [0.1, 0.15) is 11.1 Å². The van der Waals surface area contributed by atoms with E-state index in [1.165, 1.54) is 0 Å². The average molecular weight is 205 g/mol. The second-order valence-electron chi connectivity index (χ2n) is 3.38. The highest BCUT2D eigenvalue weighted by atomic mass is 16.5. The van der Waals surface area contributed by atoms with Gasteiger partial charge in [-0.15, -0.1) is 0 Å². The second kappa shape index (κ2) is 5.35. The molecule has 1 aromatic carbocycles. The molecule has 0 unspecified atom stereocenters. The van der Waals surface area contributed by atoms with E-state index in [4.69, 9.17) is 10.00 Å². The standard InChI is InChI=1S/C11H15N3O/c1-14(2)13-8-9-4-5-10(7-12)11(6-9)15-3/h4-6,13H,8H2,1-3H3.